The molecule has 0 fully saturated rings. The third kappa shape index (κ3) is 4.37. The number of aryl methyl sites for hydroxylation is 1. The molecule has 0 heterocycles. The van der Waals surface area contributed by atoms with Gasteiger partial charge in [0.2, 0.25) is 0 Å². The van der Waals surface area contributed by atoms with Gasteiger partial charge in [0.05, 0.1) is 0 Å². The standard InChI is InChI=1S/C19H18ClN3O/c1-3-23(17-7-5-4-6-8-17)13-15(12-21)19(24)22-18-11-16(20)10-9-14(18)2/h4-11,13H,3H2,1-2H3,(H,22,24)/b15-13-. The van der Waals surface area contributed by atoms with E-state index < -0.39 is 5.91 Å². The Balaban J connectivity index is 2.25. The summed E-state index contributed by atoms with van der Waals surface area (Å²) >= 11 is 5.96. The number of halogens is 1. The summed E-state index contributed by atoms with van der Waals surface area (Å²) in [5.74, 6) is -0.461. The number of para-hydroxylation sites is 1. The van der Waals surface area contributed by atoms with E-state index in [9.17, 15) is 10.1 Å². The summed E-state index contributed by atoms with van der Waals surface area (Å²) in [5.41, 5.74) is 2.41. The zero-order chi connectivity index (χ0) is 17.5. The quantitative estimate of drug-likeness (QED) is 0.643. The van der Waals surface area contributed by atoms with E-state index in [4.69, 9.17) is 11.6 Å². The molecule has 0 aliphatic carbocycles. The van der Waals surface area contributed by atoms with Gasteiger partial charge >= 0.3 is 0 Å². The fourth-order valence-electron chi connectivity index (χ4n) is 2.18. The minimum Gasteiger partial charge on any atom is -0.347 e. The fraction of sp³-hybridized carbons (Fsp3) is 0.158. The smallest absolute Gasteiger partial charge is 0.267 e. The molecule has 0 aromatic heterocycles. The molecule has 5 heteroatoms. The van der Waals surface area contributed by atoms with Crippen LogP contribution >= 0.6 is 11.6 Å². The first-order chi connectivity index (χ1) is 11.5. The molecule has 0 saturated carbocycles. The van der Waals surface area contributed by atoms with Crippen molar-refractivity contribution in [3.05, 3.63) is 70.9 Å². The summed E-state index contributed by atoms with van der Waals surface area (Å²) in [4.78, 5) is 14.3. The van der Waals surface area contributed by atoms with Crippen LogP contribution in [0.1, 0.15) is 12.5 Å². The highest BCUT2D eigenvalue weighted by Crippen LogP contribution is 2.21. The Morgan fingerprint density at radius 2 is 2.00 bits per heavy atom. The van der Waals surface area contributed by atoms with Crippen molar-refractivity contribution >= 4 is 28.9 Å². The second-order valence-electron chi connectivity index (χ2n) is 5.19. The number of nitrogens with one attached hydrogen (secondary N) is 1. The molecule has 0 spiro atoms. The molecule has 1 N–H and O–H groups in total. The summed E-state index contributed by atoms with van der Waals surface area (Å²) in [6, 6.07) is 16.8. The molecular weight excluding hydrogens is 322 g/mol. The third-order valence-electron chi connectivity index (χ3n) is 3.53. The Kier molecular flexibility index (Phi) is 6.00. The SMILES string of the molecule is CCN(/C=C(/C#N)C(=O)Nc1cc(Cl)ccc1C)c1ccccc1. The van der Waals surface area contributed by atoms with Crippen molar-refractivity contribution in [3.8, 4) is 6.07 Å². The molecule has 0 bridgehead atoms. The van der Waals surface area contributed by atoms with Crippen molar-refractivity contribution in [2.45, 2.75) is 13.8 Å². The largest absolute Gasteiger partial charge is 0.347 e. The van der Waals surface area contributed by atoms with Crippen molar-refractivity contribution in [3.63, 3.8) is 0 Å². The number of amides is 1. The summed E-state index contributed by atoms with van der Waals surface area (Å²) < 4.78 is 0. The molecule has 1 amide bonds. The van der Waals surface area contributed by atoms with Crippen LogP contribution in [0.3, 0.4) is 0 Å². The molecule has 0 aliphatic heterocycles. The monoisotopic (exact) mass is 339 g/mol. The van der Waals surface area contributed by atoms with Gasteiger partial charge in [-0.1, -0.05) is 35.9 Å². The van der Waals surface area contributed by atoms with E-state index in [0.717, 1.165) is 11.3 Å². The van der Waals surface area contributed by atoms with E-state index >= 15 is 0 Å². The molecule has 0 aliphatic rings. The average Bonchev–Trinajstić information content (AvgIpc) is 2.60. The van der Waals surface area contributed by atoms with Crippen LogP contribution in [-0.4, -0.2) is 12.5 Å². The molecule has 4 nitrogen and oxygen atoms in total. The number of carbonyl (C=O) groups excluding carboxylic acids is 1. The maximum Gasteiger partial charge on any atom is 0.267 e. The van der Waals surface area contributed by atoms with Crippen LogP contribution in [-0.2, 0) is 4.79 Å². The van der Waals surface area contributed by atoms with Crippen LogP contribution in [0.4, 0.5) is 11.4 Å². The molecule has 0 radical (unpaired) electrons. The lowest BCUT2D eigenvalue weighted by atomic mass is 10.2. The predicted octanol–water partition coefficient (Wildman–Crippen LogP) is 4.52. The van der Waals surface area contributed by atoms with E-state index in [-0.39, 0.29) is 5.57 Å². The number of nitriles is 1. The minimum atomic E-state index is -0.461. The maximum absolute atomic E-state index is 12.4. The van der Waals surface area contributed by atoms with Gasteiger partial charge in [-0.3, -0.25) is 4.79 Å². The Morgan fingerprint density at radius 3 is 2.62 bits per heavy atom. The van der Waals surface area contributed by atoms with Gasteiger partial charge in [-0.2, -0.15) is 5.26 Å². The Hall–Kier alpha value is -2.77. The highest BCUT2D eigenvalue weighted by atomic mass is 35.5. The van der Waals surface area contributed by atoms with Gasteiger partial charge in [0, 0.05) is 29.1 Å². The Bertz CT molecular complexity index is 794. The van der Waals surface area contributed by atoms with Gasteiger partial charge in [0.15, 0.2) is 0 Å². The number of anilines is 2. The predicted molar refractivity (Wildman–Crippen MR) is 98.0 cm³/mol. The zero-order valence-corrected chi connectivity index (χ0v) is 14.3. The Morgan fingerprint density at radius 1 is 1.29 bits per heavy atom. The number of benzene rings is 2. The first kappa shape index (κ1) is 17.6. The van der Waals surface area contributed by atoms with Crippen LogP contribution in [0, 0.1) is 18.3 Å². The number of hydrogen-bond donors (Lipinski definition) is 1. The van der Waals surface area contributed by atoms with Crippen molar-refractivity contribution in [2.24, 2.45) is 0 Å². The number of carbonyl (C=O) groups is 1. The lowest BCUT2D eigenvalue weighted by Crippen LogP contribution is -2.20. The number of hydrogen-bond acceptors (Lipinski definition) is 3. The summed E-state index contributed by atoms with van der Waals surface area (Å²) in [5, 5.41) is 12.6. The first-order valence-electron chi connectivity index (χ1n) is 7.56. The summed E-state index contributed by atoms with van der Waals surface area (Å²) in [7, 11) is 0. The number of nitrogens with zero attached hydrogens (tertiary/aromatic N) is 2. The average molecular weight is 340 g/mol. The van der Waals surface area contributed by atoms with Crippen molar-refractivity contribution in [2.75, 3.05) is 16.8 Å². The van der Waals surface area contributed by atoms with Crippen molar-refractivity contribution in [1.29, 1.82) is 5.26 Å². The van der Waals surface area contributed by atoms with Gasteiger partial charge in [-0.25, -0.2) is 0 Å². The molecule has 2 aromatic carbocycles. The molecule has 0 atom stereocenters. The summed E-state index contributed by atoms with van der Waals surface area (Å²) in [6.45, 7) is 4.46. The van der Waals surface area contributed by atoms with Gasteiger partial charge in [0.25, 0.3) is 5.91 Å². The second-order valence-corrected chi connectivity index (χ2v) is 5.63. The highest BCUT2D eigenvalue weighted by Gasteiger charge is 2.13. The second kappa shape index (κ2) is 8.19. The third-order valence-corrected chi connectivity index (χ3v) is 3.76. The van der Waals surface area contributed by atoms with Crippen LogP contribution in [0.2, 0.25) is 5.02 Å². The Labute approximate surface area is 147 Å². The van der Waals surface area contributed by atoms with Crippen molar-refractivity contribution in [1.82, 2.24) is 0 Å². The minimum absolute atomic E-state index is 0.0279. The number of rotatable bonds is 5. The molecule has 2 rings (SSSR count). The normalized spacial score (nSPS) is 10.8. The first-order valence-corrected chi connectivity index (χ1v) is 7.94. The van der Waals surface area contributed by atoms with E-state index in [1.54, 1.807) is 18.3 Å². The molecule has 2 aromatic rings. The van der Waals surface area contributed by atoms with E-state index in [0.29, 0.717) is 17.3 Å². The van der Waals surface area contributed by atoms with Crippen LogP contribution in [0.25, 0.3) is 0 Å². The molecule has 0 saturated heterocycles. The lowest BCUT2D eigenvalue weighted by molar-refractivity contribution is -0.112. The van der Waals surface area contributed by atoms with E-state index in [2.05, 4.69) is 5.32 Å². The maximum atomic E-state index is 12.4. The van der Waals surface area contributed by atoms with E-state index in [1.165, 1.54) is 0 Å². The van der Waals surface area contributed by atoms with Gasteiger partial charge < -0.3 is 10.2 Å². The topological polar surface area (TPSA) is 56.1 Å². The lowest BCUT2D eigenvalue weighted by Gasteiger charge is -2.19. The molecule has 24 heavy (non-hydrogen) atoms. The zero-order valence-electron chi connectivity index (χ0n) is 13.6. The molecule has 122 valence electrons. The van der Waals surface area contributed by atoms with Crippen LogP contribution in [0.15, 0.2) is 60.3 Å². The fourth-order valence-corrected chi connectivity index (χ4v) is 2.35. The van der Waals surface area contributed by atoms with Gasteiger partial charge in [0.1, 0.15) is 11.6 Å². The van der Waals surface area contributed by atoms with Gasteiger partial charge in [-0.15, -0.1) is 0 Å². The molecular formula is C19H18ClN3O. The highest BCUT2D eigenvalue weighted by molar-refractivity contribution is 6.31. The van der Waals surface area contributed by atoms with Crippen LogP contribution in [0.5, 0.6) is 0 Å². The van der Waals surface area contributed by atoms with Crippen LogP contribution < -0.4 is 10.2 Å². The summed E-state index contributed by atoms with van der Waals surface area (Å²) in [6.07, 6.45) is 1.56. The molecule has 0 unspecified atom stereocenters. The van der Waals surface area contributed by atoms with Crippen molar-refractivity contribution < 1.29 is 4.79 Å². The van der Waals surface area contributed by atoms with E-state index in [1.807, 2.05) is 61.2 Å². The van der Waals surface area contributed by atoms with Gasteiger partial charge in [-0.05, 0) is 43.7 Å².